The highest BCUT2D eigenvalue weighted by molar-refractivity contribution is 6.46. The van der Waals surface area contributed by atoms with Gasteiger partial charge in [0, 0.05) is 31.7 Å². The number of carbonyl (C=O) groups is 2. The van der Waals surface area contributed by atoms with E-state index in [0.717, 1.165) is 13.1 Å². The molecule has 1 unspecified atom stereocenters. The van der Waals surface area contributed by atoms with Gasteiger partial charge in [-0.15, -0.1) is 0 Å². The Morgan fingerprint density at radius 2 is 1.84 bits per heavy atom. The van der Waals surface area contributed by atoms with Gasteiger partial charge in [0.2, 0.25) is 0 Å². The lowest BCUT2D eigenvalue weighted by Crippen LogP contribution is -2.42. The van der Waals surface area contributed by atoms with Gasteiger partial charge in [-0.25, -0.2) is 4.39 Å². The van der Waals surface area contributed by atoms with Gasteiger partial charge in [-0.3, -0.25) is 14.5 Å². The van der Waals surface area contributed by atoms with E-state index in [1.54, 1.807) is 24.3 Å². The summed E-state index contributed by atoms with van der Waals surface area (Å²) in [7, 11) is 0. The third-order valence-corrected chi connectivity index (χ3v) is 6.36. The number of ether oxygens (including phenoxy) is 3. The molecular weight excluding hydrogens is 479 g/mol. The SMILES string of the molecule is C=CCOc1ccc(C2/C(=C(\O)c3ccc(F)cc3)C(=O)C(=O)N2CCN2CCOCC2)cc1OCC. The Labute approximate surface area is 215 Å². The van der Waals surface area contributed by atoms with Crippen LogP contribution in [0.5, 0.6) is 11.5 Å². The molecule has 2 fully saturated rings. The van der Waals surface area contributed by atoms with Crippen LogP contribution in [0.15, 0.2) is 60.7 Å². The summed E-state index contributed by atoms with van der Waals surface area (Å²) < 4.78 is 30.4. The lowest BCUT2D eigenvalue weighted by atomic mass is 9.95. The molecular formula is C28H31FN2O6. The maximum Gasteiger partial charge on any atom is 0.295 e. The van der Waals surface area contributed by atoms with Gasteiger partial charge in [-0.1, -0.05) is 18.7 Å². The number of halogens is 1. The molecule has 1 N–H and O–H groups in total. The van der Waals surface area contributed by atoms with Crippen LogP contribution in [0.25, 0.3) is 5.76 Å². The fourth-order valence-corrected chi connectivity index (χ4v) is 4.53. The lowest BCUT2D eigenvalue weighted by molar-refractivity contribution is -0.140. The molecule has 0 spiro atoms. The van der Waals surface area contributed by atoms with E-state index in [9.17, 15) is 19.1 Å². The zero-order valence-electron chi connectivity index (χ0n) is 20.8. The molecule has 9 heteroatoms. The summed E-state index contributed by atoms with van der Waals surface area (Å²) in [4.78, 5) is 30.1. The van der Waals surface area contributed by atoms with E-state index >= 15 is 0 Å². The lowest BCUT2D eigenvalue weighted by Gasteiger charge is -2.31. The summed E-state index contributed by atoms with van der Waals surface area (Å²) in [5.41, 5.74) is 0.772. The van der Waals surface area contributed by atoms with Crippen LogP contribution in [0.2, 0.25) is 0 Å². The van der Waals surface area contributed by atoms with E-state index in [2.05, 4.69) is 11.5 Å². The van der Waals surface area contributed by atoms with Crippen LogP contribution in [0.1, 0.15) is 24.1 Å². The number of aliphatic hydroxyl groups is 1. The number of nitrogens with zero attached hydrogens (tertiary/aromatic N) is 2. The van der Waals surface area contributed by atoms with Crippen molar-refractivity contribution < 1.29 is 33.3 Å². The molecule has 8 nitrogen and oxygen atoms in total. The quantitative estimate of drug-likeness (QED) is 0.226. The second-order valence-electron chi connectivity index (χ2n) is 8.69. The molecule has 2 aromatic rings. The van der Waals surface area contributed by atoms with Crippen molar-refractivity contribution in [3.63, 3.8) is 0 Å². The minimum absolute atomic E-state index is 0.0548. The van der Waals surface area contributed by atoms with Crippen LogP contribution < -0.4 is 9.47 Å². The van der Waals surface area contributed by atoms with Crippen LogP contribution in [0, 0.1) is 5.82 Å². The first-order chi connectivity index (χ1) is 17.9. The van der Waals surface area contributed by atoms with Gasteiger partial charge in [0.15, 0.2) is 11.5 Å². The number of Topliss-reactive ketones (excluding diaryl/α,β-unsaturated/α-hetero) is 1. The van der Waals surface area contributed by atoms with Gasteiger partial charge in [0.25, 0.3) is 11.7 Å². The van der Waals surface area contributed by atoms with E-state index < -0.39 is 23.5 Å². The molecule has 2 heterocycles. The summed E-state index contributed by atoms with van der Waals surface area (Å²) in [5, 5.41) is 11.2. The molecule has 0 aliphatic carbocycles. The number of morpholine rings is 1. The number of benzene rings is 2. The fraction of sp³-hybridized carbons (Fsp3) is 0.357. The molecule has 2 saturated heterocycles. The number of rotatable bonds is 10. The average Bonchev–Trinajstić information content (AvgIpc) is 3.17. The number of hydrogen-bond acceptors (Lipinski definition) is 7. The van der Waals surface area contributed by atoms with Gasteiger partial charge >= 0.3 is 0 Å². The molecule has 37 heavy (non-hydrogen) atoms. The van der Waals surface area contributed by atoms with Crippen molar-refractivity contribution in [3.8, 4) is 11.5 Å². The number of ketones is 1. The zero-order valence-corrected chi connectivity index (χ0v) is 20.8. The van der Waals surface area contributed by atoms with Crippen molar-refractivity contribution in [2.45, 2.75) is 13.0 Å². The minimum atomic E-state index is -0.862. The van der Waals surface area contributed by atoms with E-state index in [0.29, 0.717) is 43.4 Å². The van der Waals surface area contributed by atoms with Crippen LogP contribution in [-0.4, -0.2) is 79.2 Å². The number of likely N-dealkylation sites (tertiary alicyclic amines) is 1. The molecule has 0 radical (unpaired) electrons. The third-order valence-electron chi connectivity index (χ3n) is 6.36. The smallest absolute Gasteiger partial charge is 0.295 e. The molecule has 0 saturated carbocycles. The molecule has 1 atom stereocenters. The minimum Gasteiger partial charge on any atom is -0.507 e. The second-order valence-corrected chi connectivity index (χ2v) is 8.69. The predicted molar refractivity (Wildman–Crippen MR) is 136 cm³/mol. The van der Waals surface area contributed by atoms with Crippen molar-refractivity contribution in [2.24, 2.45) is 0 Å². The van der Waals surface area contributed by atoms with E-state index in [4.69, 9.17) is 14.2 Å². The van der Waals surface area contributed by atoms with Crippen molar-refractivity contribution in [1.29, 1.82) is 0 Å². The Bertz CT molecular complexity index is 1170. The highest BCUT2D eigenvalue weighted by Crippen LogP contribution is 2.42. The molecule has 0 bridgehead atoms. The molecule has 196 valence electrons. The number of hydrogen-bond donors (Lipinski definition) is 1. The zero-order chi connectivity index (χ0) is 26.4. The number of carbonyl (C=O) groups excluding carboxylic acids is 2. The van der Waals surface area contributed by atoms with Crippen molar-refractivity contribution in [1.82, 2.24) is 9.80 Å². The normalized spacial score (nSPS) is 19.7. The van der Waals surface area contributed by atoms with Gasteiger partial charge in [0.05, 0.1) is 31.4 Å². The Hall–Kier alpha value is -3.69. The summed E-state index contributed by atoms with van der Waals surface area (Å²) in [6, 6.07) is 9.45. The number of amides is 1. The third kappa shape index (κ3) is 5.84. The Morgan fingerprint density at radius 3 is 2.51 bits per heavy atom. The van der Waals surface area contributed by atoms with Crippen molar-refractivity contribution >= 4 is 17.4 Å². The van der Waals surface area contributed by atoms with Crippen LogP contribution in [0.4, 0.5) is 4.39 Å². The van der Waals surface area contributed by atoms with Crippen LogP contribution >= 0.6 is 0 Å². The maximum absolute atomic E-state index is 13.5. The maximum atomic E-state index is 13.5. The van der Waals surface area contributed by atoms with Gasteiger partial charge in [-0.05, 0) is 48.9 Å². The van der Waals surface area contributed by atoms with E-state index in [-0.39, 0.29) is 30.0 Å². The second kappa shape index (κ2) is 12.0. The summed E-state index contributed by atoms with van der Waals surface area (Å²) >= 11 is 0. The summed E-state index contributed by atoms with van der Waals surface area (Å²) in [6.45, 7) is 9.65. The molecule has 0 aromatic heterocycles. The summed E-state index contributed by atoms with van der Waals surface area (Å²) in [5.74, 6) is -1.39. The molecule has 2 aliphatic rings. The highest BCUT2D eigenvalue weighted by Gasteiger charge is 2.46. The first-order valence-corrected chi connectivity index (χ1v) is 12.3. The molecule has 2 aliphatic heterocycles. The van der Waals surface area contributed by atoms with Crippen molar-refractivity contribution in [3.05, 3.63) is 77.6 Å². The molecule has 1 amide bonds. The fourth-order valence-electron chi connectivity index (χ4n) is 4.53. The standard InChI is InChI=1S/C28H31FN2O6/c1-3-15-37-22-10-7-20(18-23(22)36-4-2)25-24(26(32)19-5-8-21(29)9-6-19)27(33)28(34)31(25)12-11-30-13-16-35-17-14-30/h3,5-10,18,25,32H,1,4,11-17H2,2H3/b26-24+. The molecule has 2 aromatic carbocycles. The van der Waals surface area contributed by atoms with Gasteiger partial charge in [0.1, 0.15) is 18.2 Å². The van der Waals surface area contributed by atoms with E-state index in [1.165, 1.54) is 29.2 Å². The largest absolute Gasteiger partial charge is 0.507 e. The number of aliphatic hydroxyl groups excluding tert-OH is 1. The first kappa shape index (κ1) is 26.4. The Morgan fingerprint density at radius 1 is 1.11 bits per heavy atom. The topological polar surface area (TPSA) is 88.5 Å². The van der Waals surface area contributed by atoms with Crippen LogP contribution in [0.3, 0.4) is 0 Å². The average molecular weight is 511 g/mol. The van der Waals surface area contributed by atoms with Gasteiger partial charge < -0.3 is 24.2 Å². The highest BCUT2D eigenvalue weighted by atomic mass is 19.1. The van der Waals surface area contributed by atoms with Crippen LogP contribution in [-0.2, 0) is 14.3 Å². The first-order valence-electron chi connectivity index (χ1n) is 12.3. The molecule has 4 rings (SSSR count). The Kier molecular flexibility index (Phi) is 8.58. The summed E-state index contributed by atoms with van der Waals surface area (Å²) in [6.07, 6.45) is 1.62. The Balaban J connectivity index is 1.77. The predicted octanol–water partition coefficient (Wildman–Crippen LogP) is 3.54. The van der Waals surface area contributed by atoms with Crippen molar-refractivity contribution in [2.75, 3.05) is 52.6 Å². The van der Waals surface area contributed by atoms with E-state index in [1.807, 2.05) is 6.92 Å². The monoisotopic (exact) mass is 510 g/mol. The van der Waals surface area contributed by atoms with Gasteiger partial charge in [-0.2, -0.15) is 0 Å².